The molecule has 0 unspecified atom stereocenters. The van der Waals surface area contributed by atoms with E-state index in [2.05, 4.69) is 15.5 Å². The lowest BCUT2D eigenvalue weighted by molar-refractivity contribution is -0.116. The molecule has 1 heterocycles. The van der Waals surface area contributed by atoms with Crippen molar-refractivity contribution in [3.05, 3.63) is 48.2 Å². The Kier molecular flexibility index (Phi) is 5.18. The summed E-state index contributed by atoms with van der Waals surface area (Å²) in [6.45, 7) is 0. The molecule has 1 amide bonds. The number of nitrogens with zero attached hydrogens (tertiary/aromatic N) is 1. The lowest BCUT2D eigenvalue weighted by Crippen LogP contribution is -2.11. The molecule has 0 aliphatic carbocycles. The average Bonchev–Trinajstić information content (AvgIpc) is 3.09. The second kappa shape index (κ2) is 7.70. The first-order chi connectivity index (χ1) is 12.2. The number of H-pyrrole nitrogens is 1. The minimum atomic E-state index is 0.00308. The summed E-state index contributed by atoms with van der Waals surface area (Å²) < 4.78 is 10.5. The van der Waals surface area contributed by atoms with E-state index < -0.39 is 0 Å². The minimum Gasteiger partial charge on any atom is -0.493 e. The van der Waals surface area contributed by atoms with Crippen LogP contribution in [0, 0.1) is 0 Å². The maximum absolute atomic E-state index is 12.1. The molecule has 25 heavy (non-hydrogen) atoms. The molecule has 3 rings (SSSR count). The first-order valence-corrected chi connectivity index (χ1v) is 8.13. The number of fused-ring (bicyclic) bond motifs is 1. The first kappa shape index (κ1) is 16.8. The van der Waals surface area contributed by atoms with Crippen LogP contribution in [-0.4, -0.2) is 30.3 Å². The molecule has 0 aliphatic heterocycles. The van der Waals surface area contributed by atoms with E-state index in [4.69, 9.17) is 9.47 Å². The van der Waals surface area contributed by atoms with Crippen LogP contribution < -0.4 is 14.8 Å². The lowest BCUT2D eigenvalue weighted by atomic mass is 10.1. The van der Waals surface area contributed by atoms with Gasteiger partial charge in [-0.25, -0.2) is 0 Å². The zero-order valence-electron chi connectivity index (χ0n) is 14.3. The number of aromatic nitrogens is 2. The van der Waals surface area contributed by atoms with Gasteiger partial charge >= 0.3 is 0 Å². The van der Waals surface area contributed by atoms with Crippen molar-refractivity contribution in [2.75, 3.05) is 19.5 Å². The average molecular weight is 339 g/mol. The van der Waals surface area contributed by atoms with Crippen LogP contribution in [0.25, 0.3) is 10.9 Å². The van der Waals surface area contributed by atoms with E-state index in [9.17, 15) is 4.79 Å². The van der Waals surface area contributed by atoms with Gasteiger partial charge in [-0.3, -0.25) is 9.89 Å². The normalized spacial score (nSPS) is 10.6. The number of carbonyl (C=O) groups is 1. The van der Waals surface area contributed by atoms with Crippen molar-refractivity contribution in [3.63, 3.8) is 0 Å². The molecule has 0 fully saturated rings. The third-order valence-corrected chi connectivity index (χ3v) is 4.04. The molecule has 0 bridgehead atoms. The number of amides is 1. The Balaban J connectivity index is 1.52. The molecule has 6 heteroatoms. The maximum Gasteiger partial charge on any atom is 0.224 e. The number of rotatable bonds is 7. The Morgan fingerprint density at radius 1 is 1.12 bits per heavy atom. The smallest absolute Gasteiger partial charge is 0.224 e. The van der Waals surface area contributed by atoms with Gasteiger partial charge in [0.25, 0.3) is 0 Å². The second-order valence-electron chi connectivity index (χ2n) is 5.76. The van der Waals surface area contributed by atoms with Gasteiger partial charge in [0.05, 0.1) is 25.9 Å². The van der Waals surface area contributed by atoms with E-state index in [1.807, 2.05) is 36.4 Å². The van der Waals surface area contributed by atoms with E-state index in [0.717, 1.165) is 35.0 Å². The van der Waals surface area contributed by atoms with Gasteiger partial charge < -0.3 is 14.8 Å². The summed E-state index contributed by atoms with van der Waals surface area (Å²) in [6.07, 6.45) is 3.75. The number of aromatic amines is 1. The van der Waals surface area contributed by atoms with Crippen LogP contribution in [0.1, 0.15) is 18.4 Å². The van der Waals surface area contributed by atoms with Gasteiger partial charge in [-0.1, -0.05) is 6.07 Å². The summed E-state index contributed by atoms with van der Waals surface area (Å²) in [5.41, 5.74) is 2.85. The largest absolute Gasteiger partial charge is 0.493 e. The van der Waals surface area contributed by atoms with Gasteiger partial charge in [0.1, 0.15) is 0 Å². The molecule has 0 atom stereocenters. The molecule has 0 saturated heterocycles. The summed E-state index contributed by atoms with van der Waals surface area (Å²) in [4.78, 5) is 12.1. The molecule has 0 saturated carbocycles. The van der Waals surface area contributed by atoms with E-state index in [-0.39, 0.29) is 5.91 Å². The van der Waals surface area contributed by atoms with Crippen molar-refractivity contribution in [1.29, 1.82) is 0 Å². The number of anilines is 1. The maximum atomic E-state index is 12.1. The molecule has 1 aromatic heterocycles. The number of ether oxygens (including phenoxy) is 2. The fraction of sp³-hybridized carbons (Fsp3) is 0.263. The van der Waals surface area contributed by atoms with Gasteiger partial charge in [0.15, 0.2) is 11.5 Å². The number of benzene rings is 2. The number of methoxy groups -OCH3 is 2. The fourth-order valence-electron chi connectivity index (χ4n) is 2.73. The summed E-state index contributed by atoms with van der Waals surface area (Å²) in [5, 5.41) is 10.8. The van der Waals surface area contributed by atoms with Crippen molar-refractivity contribution in [2.45, 2.75) is 19.3 Å². The highest BCUT2D eigenvalue weighted by atomic mass is 16.5. The van der Waals surface area contributed by atoms with Gasteiger partial charge in [-0.05, 0) is 48.7 Å². The topological polar surface area (TPSA) is 76.2 Å². The number of aryl methyl sites for hydroxylation is 1. The summed E-state index contributed by atoms with van der Waals surface area (Å²) in [7, 11) is 3.23. The fourth-order valence-corrected chi connectivity index (χ4v) is 2.73. The van der Waals surface area contributed by atoms with Crippen LogP contribution in [0.3, 0.4) is 0 Å². The molecule has 2 aromatic carbocycles. The summed E-state index contributed by atoms with van der Waals surface area (Å²) >= 11 is 0. The van der Waals surface area contributed by atoms with Crippen LogP contribution >= 0.6 is 0 Å². The molecule has 2 N–H and O–H groups in total. The van der Waals surface area contributed by atoms with Crippen molar-refractivity contribution < 1.29 is 14.3 Å². The van der Waals surface area contributed by atoms with Crippen LogP contribution in [-0.2, 0) is 11.2 Å². The number of hydrogen-bond donors (Lipinski definition) is 2. The van der Waals surface area contributed by atoms with Gasteiger partial charge in [0, 0.05) is 17.5 Å². The minimum absolute atomic E-state index is 0.00308. The van der Waals surface area contributed by atoms with Gasteiger partial charge in [-0.2, -0.15) is 5.10 Å². The molecule has 0 radical (unpaired) electrons. The lowest BCUT2D eigenvalue weighted by Gasteiger charge is -2.09. The van der Waals surface area contributed by atoms with Gasteiger partial charge in [-0.15, -0.1) is 0 Å². The molecule has 130 valence electrons. The van der Waals surface area contributed by atoms with Crippen molar-refractivity contribution in [2.24, 2.45) is 0 Å². The Morgan fingerprint density at radius 2 is 1.96 bits per heavy atom. The standard InChI is InChI=1S/C19H21N3O3/c1-24-17-9-6-13(10-18(17)25-2)4-3-5-19(23)21-15-7-8-16-14(11-15)12-20-22-16/h6-12H,3-5H2,1-2H3,(H,20,22)(H,21,23). The zero-order valence-corrected chi connectivity index (χ0v) is 14.3. The monoisotopic (exact) mass is 339 g/mol. The van der Waals surface area contributed by atoms with E-state index in [0.29, 0.717) is 17.9 Å². The predicted octanol–water partition coefficient (Wildman–Crippen LogP) is 3.54. The quantitative estimate of drug-likeness (QED) is 0.690. The molecule has 0 spiro atoms. The zero-order chi connectivity index (χ0) is 17.6. The number of hydrogen-bond acceptors (Lipinski definition) is 4. The van der Waals surface area contributed by atoms with Crippen LogP contribution in [0.5, 0.6) is 11.5 Å². The Bertz CT molecular complexity index is 873. The SMILES string of the molecule is COc1ccc(CCCC(=O)Nc2ccc3[nH]ncc3c2)cc1OC. The van der Waals surface area contributed by atoms with Gasteiger partial charge in [0.2, 0.25) is 5.91 Å². The molecular formula is C19H21N3O3. The van der Waals surface area contributed by atoms with Crippen LogP contribution in [0.15, 0.2) is 42.6 Å². The number of carbonyl (C=O) groups excluding carboxylic acids is 1. The van der Waals surface area contributed by atoms with Crippen molar-refractivity contribution in [1.82, 2.24) is 10.2 Å². The first-order valence-electron chi connectivity index (χ1n) is 8.13. The highest BCUT2D eigenvalue weighted by molar-refractivity contribution is 5.93. The van der Waals surface area contributed by atoms with E-state index in [1.54, 1.807) is 20.4 Å². The van der Waals surface area contributed by atoms with Crippen molar-refractivity contribution in [3.8, 4) is 11.5 Å². The molecule has 3 aromatic rings. The Morgan fingerprint density at radius 3 is 2.76 bits per heavy atom. The second-order valence-corrected chi connectivity index (χ2v) is 5.76. The summed E-state index contributed by atoms with van der Waals surface area (Å²) in [5.74, 6) is 1.42. The van der Waals surface area contributed by atoms with Crippen LogP contribution in [0.2, 0.25) is 0 Å². The number of nitrogens with one attached hydrogen (secondary N) is 2. The summed E-state index contributed by atoms with van der Waals surface area (Å²) in [6, 6.07) is 11.5. The molecular weight excluding hydrogens is 318 g/mol. The van der Waals surface area contributed by atoms with Crippen molar-refractivity contribution >= 4 is 22.5 Å². The third kappa shape index (κ3) is 4.09. The van der Waals surface area contributed by atoms with E-state index in [1.165, 1.54) is 0 Å². The molecule has 6 nitrogen and oxygen atoms in total. The molecule has 0 aliphatic rings. The third-order valence-electron chi connectivity index (χ3n) is 4.04. The highest BCUT2D eigenvalue weighted by Gasteiger charge is 2.07. The van der Waals surface area contributed by atoms with E-state index >= 15 is 0 Å². The Hall–Kier alpha value is -3.02. The Labute approximate surface area is 146 Å². The van der Waals surface area contributed by atoms with Crippen LogP contribution in [0.4, 0.5) is 5.69 Å². The highest BCUT2D eigenvalue weighted by Crippen LogP contribution is 2.28. The predicted molar refractivity (Wildman–Crippen MR) is 97.2 cm³/mol.